The van der Waals surface area contributed by atoms with Gasteiger partial charge in [-0.25, -0.2) is 4.79 Å². The Kier molecular flexibility index (Phi) is 7.87. The van der Waals surface area contributed by atoms with Crippen molar-refractivity contribution in [1.29, 1.82) is 0 Å². The molecule has 23 heavy (non-hydrogen) atoms. The van der Waals surface area contributed by atoms with Crippen LogP contribution in [-0.2, 0) is 4.74 Å². The van der Waals surface area contributed by atoms with Crippen LogP contribution in [0.3, 0.4) is 0 Å². The molecule has 0 saturated carbocycles. The van der Waals surface area contributed by atoms with E-state index in [0.29, 0.717) is 6.42 Å². The molecule has 2 N–H and O–H groups in total. The van der Waals surface area contributed by atoms with E-state index in [1.165, 1.54) is 0 Å². The van der Waals surface area contributed by atoms with E-state index in [1.807, 2.05) is 30.3 Å². The maximum Gasteiger partial charge on any atom is 0.407 e. The van der Waals surface area contributed by atoms with Gasteiger partial charge in [-0.1, -0.05) is 39.9 Å². The third kappa shape index (κ3) is 9.07. The summed E-state index contributed by atoms with van der Waals surface area (Å²) in [6.45, 7) is 5.16. The average molecular weight is 380 g/mol. The number of carbonyl (C=O) groups is 1. The Labute approximate surface area is 146 Å². The Morgan fingerprint density at radius 2 is 2.04 bits per heavy atom. The number of hydrogen-bond donors (Lipinski definition) is 2. The molecule has 5 heteroatoms. The topological polar surface area (TPSA) is 58.6 Å². The molecule has 0 spiro atoms. The highest BCUT2D eigenvalue weighted by atomic mass is 79.9. The van der Waals surface area contributed by atoms with Crippen LogP contribution in [0.25, 0.3) is 6.08 Å². The van der Waals surface area contributed by atoms with Crippen LogP contribution in [0.2, 0.25) is 0 Å². The van der Waals surface area contributed by atoms with Crippen LogP contribution in [0, 0.1) is 11.8 Å². The first-order valence-corrected chi connectivity index (χ1v) is 8.10. The zero-order chi connectivity index (χ0) is 17.3. The molecule has 1 unspecified atom stereocenters. The van der Waals surface area contributed by atoms with Gasteiger partial charge in [0, 0.05) is 10.9 Å². The zero-order valence-corrected chi connectivity index (χ0v) is 15.2. The third-order valence-corrected chi connectivity index (χ3v) is 3.15. The molecule has 0 aliphatic rings. The zero-order valence-electron chi connectivity index (χ0n) is 13.6. The minimum atomic E-state index is -0.566. The fourth-order valence-electron chi connectivity index (χ4n) is 1.59. The van der Waals surface area contributed by atoms with Gasteiger partial charge in [-0.15, -0.1) is 0 Å². The van der Waals surface area contributed by atoms with Gasteiger partial charge in [0.1, 0.15) is 5.60 Å². The average Bonchev–Trinajstić information content (AvgIpc) is 2.45. The van der Waals surface area contributed by atoms with E-state index in [9.17, 15) is 9.90 Å². The van der Waals surface area contributed by atoms with Crippen LogP contribution in [-0.4, -0.2) is 29.4 Å². The molecule has 0 saturated heterocycles. The summed E-state index contributed by atoms with van der Waals surface area (Å²) >= 11 is 3.38. The summed E-state index contributed by atoms with van der Waals surface area (Å²) in [5.41, 5.74) is 0.483. The summed E-state index contributed by atoms with van der Waals surface area (Å²) in [5.74, 6) is 5.80. The van der Waals surface area contributed by atoms with Crippen molar-refractivity contribution >= 4 is 28.1 Å². The lowest BCUT2D eigenvalue weighted by Crippen LogP contribution is -2.40. The van der Waals surface area contributed by atoms with Crippen molar-refractivity contribution < 1.29 is 14.6 Å². The number of hydrogen-bond acceptors (Lipinski definition) is 3. The van der Waals surface area contributed by atoms with E-state index < -0.39 is 17.7 Å². The second-order valence-electron chi connectivity index (χ2n) is 5.94. The molecule has 0 fully saturated rings. The molecule has 0 aromatic heterocycles. The van der Waals surface area contributed by atoms with Crippen molar-refractivity contribution in [2.45, 2.75) is 38.8 Å². The van der Waals surface area contributed by atoms with Crippen molar-refractivity contribution in [3.63, 3.8) is 0 Å². The summed E-state index contributed by atoms with van der Waals surface area (Å²) < 4.78 is 6.17. The number of amides is 1. The molecule has 0 aliphatic carbocycles. The number of aliphatic hydroxyl groups excluding tert-OH is 1. The third-order valence-electron chi connectivity index (χ3n) is 2.62. The number of ether oxygens (including phenoxy) is 1. The van der Waals surface area contributed by atoms with Crippen molar-refractivity contribution in [1.82, 2.24) is 5.32 Å². The molecule has 124 valence electrons. The molecule has 0 heterocycles. The largest absolute Gasteiger partial charge is 0.444 e. The SMILES string of the molecule is CC(C)(C)OC(=O)NC(CO)CC#C/C=C/c1ccc(Br)cc1. The fourth-order valence-corrected chi connectivity index (χ4v) is 1.85. The van der Waals surface area contributed by atoms with Gasteiger partial charge in [-0.3, -0.25) is 0 Å². The Balaban J connectivity index is 2.45. The summed E-state index contributed by atoms with van der Waals surface area (Å²) in [4.78, 5) is 11.6. The van der Waals surface area contributed by atoms with Crippen molar-refractivity contribution in [3.05, 3.63) is 40.4 Å². The van der Waals surface area contributed by atoms with E-state index in [-0.39, 0.29) is 6.61 Å². The maximum absolute atomic E-state index is 11.6. The molecule has 1 amide bonds. The van der Waals surface area contributed by atoms with E-state index in [2.05, 4.69) is 33.1 Å². The first-order chi connectivity index (χ1) is 10.8. The normalized spacial score (nSPS) is 12.4. The molecular formula is C18H22BrNO3. The number of halogens is 1. The van der Waals surface area contributed by atoms with Gasteiger partial charge in [-0.05, 0) is 50.6 Å². The number of nitrogens with one attached hydrogen (secondary N) is 1. The second kappa shape index (κ2) is 9.39. The highest BCUT2D eigenvalue weighted by molar-refractivity contribution is 9.10. The van der Waals surface area contributed by atoms with Gasteiger partial charge < -0.3 is 15.2 Å². The van der Waals surface area contributed by atoms with Gasteiger partial charge in [0.25, 0.3) is 0 Å². The van der Waals surface area contributed by atoms with Crippen LogP contribution in [0.1, 0.15) is 32.8 Å². The Hall–Kier alpha value is -1.77. The quantitative estimate of drug-likeness (QED) is 0.783. The molecule has 0 aliphatic heterocycles. The predicted octanol–water partition coefficient (Wildman–Crippen LogP) is 3.74. The highest BCUT2D eigenvalue weighted by Gasteiger charge is 2.18. The van der Waals surface area contributed by atoms with Crippen molar-refractivity contribution in [2.75, 3.05) is 6.61 Å². The molecule has 0 bridgehead atoms. The first kappa shape index (κ1) is 19.3. The second-order valence-corrected chi connectivity index (χ2v) is 6.85. The lowest BCUT2D eigenvalue weighted by Gasteiger charge is -2.21. The van der Waals surface area contributed by atoms with E-state index in [0.717, 1.165) is 10.0 Å². The minimum Gasteiger partial charge on any atom is -0.444 e. The lowest BCUT2D eigenvalue weighted by molar-refractivity contribution is 0.0484. The van der Waals surface area contributed by atoms with Crippen LogP contribution < -0.4 is 5.32 Å². The fraction of sp³-hybridized carbons (Fsp3) is 0.389. The Morgan fingerprint density at radius 1 is 1.39 bits per heavy atom. The smallest absolute Gasteiger partial charge is 0.407 e. The standard InChI is InChI=1S/C18H22BrNO3/c1-18(2,3)23-17(22)20-16(13-21)8-6-4-5-7-14-9-11-15(19)12-10-14/h5,7,9-12,16,21H,8,13H2,1-3H3,(H,20,22)/b7-5+. The monoisotopic (exact) mass is 379 g/mol. The summed E-state index contributed by atoms with van der Waals surface area (Å²) in [6, 6.07) is 7.42. The maximum atomic E-state index is 11.6. The predicted molar refractivity (Wildman–Crippen MR) is 95.8 cm³/mol. The first-order valence-electron chi connectivity index (χ1n) is 7.31. The summed E-state index contributed by atoms with van der Waals surface area (Å²) in [7, 11) is 0. The van der Waals surface area contributed by atoms with Crippen LogP contribution >= 0.6 is 15.9 Å². The minimum absolute atomic E-state index is 0.190. The van der Waals surface area contributed by atoms with Crippen LogP contribution in [0.4, 0.5) is 4.79 Å². The van der Waals surface area contributed by atoms with Gasteiger partial charge in [0.05, 0.1) is 12.6 Å². The molecule has 1 atom stereocenters. The lowest BCUT2D eigenvalue weighted by atomic mass is 10.2. The number of benzene rings is 1. The molecule has 4 nitrogen and oxygen atoms in total. The van der Waals surface area contributed by atoms with E-state index in [4.69, 9.17) is 4.74 Å². The summed E-state index contributed by atoms with van der Waals surface area (Å²) in [5, 5.41) is 11.9. The van der Waals surface area contributed by atoms with Crippen molar-refractivity contribution in [3.8, 4) is 11.8 Å². The molecular weight excluding hydrogens is 358 g/mol. The Morgan fingerprint density at radius 3 is 2.61 bits per heavy atom. The van der Waals surface area contributed by atoms with Gasteiger partial charge in [0.2, 0.25) is 0 Å². The molecule has 1 aromatic rings. The van der Waals surface area contributed by atoms with Gasteiger partial charge in [0.15, 0.2) is 0 Å². The molecule has 0 radical (unpaired) electrons. The van der Waals surface area contributed by atoms with Crippen LogP contribution in [0.5, 0.6) is 0 Å². The number of allylic oxidation sites excluding steroid dienone is 1. The van der Waals surface area contributed by atoms with Gasteiger partial charge in [-0.2, -0.15) is 0 Å². The molecule has 1 rings (SSSR count). The van der Waals surface area contributed by atoms with E-state index >= 15 is 0 Å². The Bertz CT molecular complexity index is 591. The van der Waals surface area contributed by atoms with Crippen LogP contribution in [0.15, 0.2) is 34.8 Å². The van der Waals surface area contributed by atoms with Gasteiger partial charge >= 0.3 is 6.09 Å². The van der Waals surface area contributed by atoms with Crippen molar-refractivity contribution in [2.24, 2.45) is 0 Å². The number of rotatable bonds is 4. The number of carbonyl (C=O) groups excluding carboxylic acids is 1. The number of aliphatic hydroxyl groups is 1. The summed E-state index contributed by atoms with van der Waals surface area (Å²) in [6.07, 6.45) is 3.43. The number of alkyl carbamates (subject to hydrolysis) is 1. The van der Waals surface area contributed by atoms with E-state index in [1.54, 1.807) is 26.8 Å². The molecule has 1 aromatic carbocycles. The highest BCUT2D eigenvalue weighted by Crippen LogP contribution is 2.11.